The maximum Gasteiger partial charge on any atom is 0.0340 e. The molecule has 0 atom stereocenters. The Morgan fingerprint density at radius 3 is 2.50 bits per heavy atom. The number of nitrogens with one attached hydrogen (secondary N) is 1. The van der Waals surface area contributed by atoms with Crippen LogP contribution in [0.15, 0.2) is 30.3 Å². The summed E-state index contributed by atoms with van der Waals surface area (Å²) in [5.41, 5.74) is 1.24. The van der Waals surface area contributed by atoms with Gasteiger partial charge in [0.2, 0.25) is 0 Å². The molecule has 0 aromatic heterocycles. The maximum absolute atomic E-state index is 3.52. The van der Waals surface area contributed by atoms with Gasteiger partial charge in [-0.3, -0.25) is 0 Å². The van der Waals surface area contributed by atoms with Crippen molar-refractivity contribution < 1.29 is 0 Å². The van der Waals surface area contributed by atoms with Crippen molar-refractivity contribution in [2.45, 2.75) is 52.0 Å². The second kappa shape index (κ2) is 8.31. The Kier molecular flexibility index (Phi) is 6.38. The van der Waals surface area contributed by atoms with E-state index in [1.807, 2.05) is 0 Å². The minimum Gasteiger partial charge on any atom is -0.385 e. The normalized spacial score (nSPS) is 16.2. The minimum atomic E-state index is 0.776. The first kappa shape index (κ1) is 15.4. The molecule has 1 aliphatic carbocycles. The van der Waals surface area contributed by atoms with Crippen molar-refractivity contribution in [2.24, 2.45) is 5.92 Å². The molecule has 1 aliphatic rings. The molecular formula is C18H30N2. The lowest BCUT2D eigenvalue weighted by Gasteiger charge is -2.30. The van der Waals surface area contributed by atoms with Gasteiger partial charge in [-0.2, -0.15) is 0 Å². The summed E-state index contributed by atoms with van der Waals surface area (Å²) in [6, 6.07) is 11.4. The van der Waals surface area contributed by atoms with Crippen LogP contribution < -0.4 is 5.32 Å². The first-order chi connectivity index (χ1) is 9.75. The van der Waals surface area contributed by atoms with Gasteiger partial charge in [-0.25, -0.2) is 0 Å². The highest BCUT2D eigenvalue weighted by molar-refractivity contribution is 5.42. The van der Waals surface area contributed by atoms with E-state index in [0.717, 1.165) is 18.5 Å². The number of anilines is 1. The average Bonchev–Trinajstić information content (AvgIpc) is 2.97. The third-order valence-electron chi connectivity index (χ3n) is 4.17. The Morgan fingerprint density at radius 1 is 1.15 bits per heavy atom. The third kappa shape index (κ3) is 5.16. The van der Waals surface area contributed by atoms with Gasteiger partial charge >= 0.3 is 0 Å². The van der Waals surface area contributed by atoms with Crippen LogP contribution in [0.25, 0.3) is 0 Å². The fraction of sp³-hybridized carbons (Fsp3) is 0.667. The van der Waals surface area contributed by atoms with E-state index in [-0.39, 0.29) is 0 Å². The summed E-state index contributed by atoms with van der Waals surface area (Å²) in [4.78, 5) is 2.74. The van der Waals surface area contributed by atoms with Crippen molar-refractivity contribution in [3.05, 3.63) is 30.3 Å². The van der Waals surface area contributed by atoms with Crippen molar-refractivity contribution >= 4 is 5.69 Å². The molecule has 1 aromatic carbocycles. The van der Waals surface area contributed by atoms with Crippen molar-refractivity contribution in [3.63, 3.8) is 0 Å². The highest BCUT2D eigenvalue weighted by Crippen LogP contribution is 2.24. The molecule has 0 amide bonds. The highest BCUT2D eigenvalue weighted by Gasteiger charge is 2.22. The minimum absolute atomic E-state index is 0.776. The first-order valence-corrected chi connectivity index (χ1v) is 8.28. The van der Waals surface area contributed by atoms with Crippen LogP contribution in [0.1, 0.15) is 46.0 Å². The molecule has 2 rings (SSSR count). The van der Waals surface area contributed by atoms with Gasteiger partial charge in [0.25, 0.3) is 0 Å². The van der Waals surface area contributed by atoms with Gasteiger partial charge in [0.05, 0.1) is 0 Å². The molecule has 2 heteroatoms. The summed E-state index contributed by atoms with van der Waals surface area (Å²) in [5, 5.41) is 3.52. The lowest BCUT2D eigenvalue weighted by molar-refractivity contribution is 0.176. The largest absolute Gasteiger partial charge is 0.385 e. The van der Waals surface area contributed by atoms with Crippen LogP contribution in [0, 0.1) is 5.92 Å². The molecule has 0 unspecified atom stereocenters. The van der Waals surface area contributed by atoms with Crippen LogP contribution in [0.4, 0.5) is 5.69 Å². The smallest absolute Gasteiger partial charge is 0.0340 e. The van der Waals surface area contributed by atoms with E-state index in [1.165, 1.54) is 50.9 Å². The van der Waals surface area contributed by atoms with E-state index in [4.69, 9.17) is 0 Å². The van der Waals surface area contributed by atoms with Crippen molar-refractivity contribution in [3.8, 4) is 0 Å². The number of rotatable bonds is 8. The van der Waals surface area contributed by atoms with Gasteiger partial charge in [0.1, 0.15) is 0 Å². The van der Waals surface area contributed by atoms with Gasteiger partial charge in [0, 0.05) is 31.4 Å². The predicted octanol–water partition coefficient (Wildman–Crippen LogP) is 4.39. The second-order valence-electron chi connectivity index (χ2n) is 6.47. The number of para-hydroxylation sites is 1. The lowest BCUT2D eigenvalue weighted by Crippen LogP contribution is -2.37. The molecule has 0 spiro atoms. The molecule has 1 aromatic rings. The summed E-state index contributed by atoms with van der Waals surface area (Å²) in [5.74, 6) is 0.776. The summed E-state index contributed by atoms with van der Waals surface area (Å²) in [6.07, 6.45) is 6.93. The molecule has 2 nitrogen and oxygen atoms in total. The Balaban J connectivity index is 1.71. The van der Waals surface area contributed by atoms with Gasteiger partial charge in [-0.15, -0.1) is 0 Å². The molecule has 112 valence electrons. The zero-order chi connectivity index (χ0) is 14.2. The lowest BCUT2D eigenvalue weighted by atomic mass is 10.1. The predicted molar refractivity (Wildman–Crippen MR) is 88.2 cm³/mol. The zero-order valence-corrected chi connectivity index (χ0v) is 13.1. The maximum atomic E-state index is 3.52. The van der Waals surface area contributed by atoms with Crippen molar-refractivity contribution in [1.82, 2.24) is 4.90 Å². The Bertz CT molecular complexity index is 355. The van der Waals surface area contributed by atoms with Crippen LogP contribution in [0.5, 0.6) is 0 Å². The van der Waals surface area contributed by atoms with E-state index in [2.05, 4.69) is 54.4 Å². The fourth-order valence-corrected chi connectivity index (χ4v) is 3.23. The molecule has 0 heterocycles. The van der Waals surface area contributed by atoms with E-state index in [1.54, 1.807) is 0 Å². The molecule has 0 bridgehead atoms. The Morgan fingerprint density at radius 2 is 1.85 bits per heavy atom. The van der Waals surface area contributed by atoms with Gasteiger partial charge in [-0.1, -0.05) is 44.9 Å². The van der Waals surface area contributed by atoms with E-state index in [0.29, 0.717) is 0 Å². The summed E-state index contributed by atoms with van der Waals surface area (Å²) in [6.45, 7) is 8.25. The molecular weight excluding hydrogens is 244 g/mol. The molecule has 1 N–H and O–H groups in total. The molecule has 0 aliphatic heterocycles. The zero-order valence-electron chi connectivity index (χ0n) is 13.1. The van der Waals surface area contributed by atoms with Gasteiger partial charge in [0.15, 0.2) is 0 Å². The van der Waals surface area contributed by atoms with E-state index < -0.39 is 0 Å². The standard InChI is InChI=1S/C18H30N2/c1-16(2)15-20(18-11-6-7-12-18)14-8-13-19-17-9-4-3-5-10-17/h3-5,9-10,16,18-19H,6-8,11-15H2,1-2H3. The average molecular weight is 274 g/mol. The van der Waals surface area contributed by atoms with Crippen molar-refractivity contribution in [2.75, 3.05) is 25.0 Å². The van der Waals surface area contributed by atoms with Gasteiger partial charge in [-0.05, 0) is 37.3 Å². The number of hydrogen-bond donors (Lipinski definition) is 1. The summed E-state index contributed by atoms with van der Waals surface area (Å²) >= 11 is 0. The number of hydrogen-bond acceptors (Lipinski definition) is 2. The Hall–Kier alpha value is -1.02. The van der Waals surface area contributed by atoms with Crippen LogP contribution in [-0.4, -0.2) is 30.6 Å². The second-order valence-corrected chi connectivity index (χ2v) is 6.47. The van der Waals surface area contributed by atoms with E-state index in [9.17, 15) is 0 Å². The molecule has 1 fully saturated rings. The van der Waals surface area contributed by atoms with Crippen LogP contribution in [-0.2, 0) is 0 Å². The van der Waals surface area contributed by atoms with Crippen molar-refractivity contribution in [1.29, 1.82) is 0 Å². The summed E-state index contributed by atoms with van der Waals surface area (Å²) < 4.78 is 0. The highest BCUT2D eigenvalue weighted by atomic mass is 15.2. The molecule has 20 heavy (non-hydrogen) atoms. The topological polar surface area (TPSA) is 15.3 Å². The quantitative estimate of drug-likeness (QED) is 0.707. The molecule has 0 radical (unpaired) electrons. The Labute approximate surface area is 124 Å². The van der Waals surface area contributed by atoms with Crippen LogP contribution >= 0.6 is 0 Å². The number of nitrogens with zero attached hydrogens (tertiary/aromatic N) is 1. The van der Waals surface area contributed by atoms with Crippen LogP contribution in [0.3, 0.4) is 0 Å². The first-order valence-electron chi connectivity index (χ1n) is 8.28. The van der Waals surface area contributed by atoms with Crippen LogP contribution in [0.2, 0.25) is 0 Å². The van der Waals surface area contributed by atoms with E-state index >= 15 is 0 Å². The molecule has 0 saturated heterocycles. The SMILES string of the molecule is CC(C)CN(CCCNc1ccccc1)C1CCCC1. The molecule has 1 saturated carbocycles. The number of benzene rings is 1. The monoisotopic (exact) mass is 274 g/mol. The fourth-order valence-electron chi connectivity index (χ4n) is 3.23. The third-order valence-corrected chi connectivity index (χ3v) is 4.17. The van der Waals surface area contributed by atoms with Gasteiger partial charge < -0.3 is 10.2 Å². The summed E-state index contributed by atoms with van der Waals surface area (Å²) in [7, 11) is 0.